The predicted octanol–water partition coefficient (Wildman–Crippen LogP) is 1.43. The zero-order valence-electron chi connectivity index (χ0n) is 22.8. The van der Waals surface area contributed by atoms with E-state index in [0.717, 1.165) is 16.7 Å². The Hall–Kier alpha value is -3.52. The Balaban J connectivity index is 0.00000420. The molecule has 7 nitrogen and oxygen atoms in total. The molecular weight excluding hydrogens is 507 g/mol. The molecule has 0 N–H and O–H groups in total. The van der Waals surface area contributed by atoms with Gasteiger partial charge in [-0.3, -0.25) is 4.79 Å². The Morgan fingerprint density at radius 2 is 1.64 bits per heavy atom. The first-order chi connectivity index (χ1) is 18.3. The van der Waals surface area contributed by atoms with E-state index in [-0.39, 0.29) is 53.9 Å². The van der Waals surface area contributed by atoms with Gasteiger partial charge in [0.1, 0.15) is 23.5 Å². The van der Waals surface area contributed by atoms with Gasteiger partial charge in [-0.2, -0.15) is 0 Å². The van der Waals surface area contributed by atoms with Crippen molar-refractivity contribution in [3.8, 4) is 11.5 Å². The zero-order chi connectivity index (χ0) is 27.2. The number of benzene rings is 3. The molecule has 1 unspecified atom stereocenters. The Kier molecular flexibility index (Phi) is 10.4. The number of allylic oxidation sites excluding steroid dienone is 1. The third-order valence-corrected chi connectivity index (χ3v) is 6.55. The molecule has 1 atom stereocenters. The third kappa shape index (κ3) is 6.74. The van der Waals surface area contributed by atoms with Crippen LogP contribution in [-0.2, 0) is 20.7 Å². The van der Waals surface area contributed by atoms with Crippen LogP contribution in [0.1, 0.15) is 38.5 Å². The summed E-state index contributed by atoms with van der Waals surface area (Å²) >= 11 is 0. The SMILES string of the molecule is COc1ccc(C(=O)C(=C(Cc2ccccc2)C(=O)[O-])C(C2=COCO2)c2cc(C)c(OC)cc2C)cc1.[Na+]. The summed E-state index contributed by atoms with van der Waals surface area (Å²) in [5.74, 6) is -1.17. The Morgan fingerprint density at radius 3 is 2.21 bits per heavy atom. The number of hydrogen-bond donors (Lipinski definition) is 0. The second kappa shape index (κ2) is 13.5. The van der Waals surface area contributed by atoms with Crippen molar-refractivity contribution in [1.82, 2.24) is 0 Å². The molecule has 39 heavy (non-hydrogen) atoms. The molecule has 3 aromatic rings. The molecular formula is C31H29NaO7. The van der Waals surface area contributed by atoms with Gasteiger partial charge in [0, 0.05) is 11.1 Å². The molecule has 8 heteroatoms. The maximum atomic E-state index is 14.2. The van der Waals surface area contributed by atoms with Crippen molar-refractivity contribution in [2.75, 3.05) is 21.0 Å². The fourth-order valence-corrected chi connectivity index (χ4v) is 4.62. The summed E-state index contributed by atoms with van der Waals surface area (Å²) in [4.78, 5) is 27.0. The van der Waals surface area contributed by atoms with E-state index in [9.17, 15) is 14.7 Å². The molecule has 0 spiro atoms. The van der Waals surface area contributed by atoms with E-state index in [1.165, 1.54) is 13.4 Å². The van der Waals surface area contributed by atoms with E-state index in [1.54, 1.807) is 31.4 Å². The standard InChI is InChI=1S/C31H30O7.Na/c1-19-15-26(36-4)20(2)14-24(19)28(27-17-37-18-38-27)29(30(32)22-10-12-23(35-3)13-11-22)25(31(33)34)16-21-8-6-5-7-9-21;/h5-15,17,28H,16,18H2,1-4H3,(H,33,34);/q;+1/p-1. The smallest absolute Gasteiger partial charge is 0.545 e. The van der Waals surface area contributed by atoms with E-state index in [1.807, 2.05) is 56.3 Å². The Bertz CT molecular complexity index is 1390. The first-order valence-corrected chi connectivity index (χ1v) is 12.1. The molecule has 1 heterocycles. The Labute approximate surface area is 250 Å². The van der Waals surface area contributed by atoms with E-state index in [4.69, 9.17) is 18.9 Å². The number of carbonyl (C=O) groups is 2. The topological polar surface area (TPSA) is 94.1 Å². The minimum Gasteiger partial charge on any atom is -0.545 e. The van der Waals surface area contributed by atoms with Gasteiger partial charge in [-0.25, -0.2) is 0 Å². The molecule has 196 valence electrons. The number of carboxylic acids is 1. The van der Waals surface area contributed by atoms with E-state index in [0.29, 0.717) is 28.4 Å². The number of aliphatic carboxylic acids is 1. The summed E-state index contributed by atoms with van der Waals surface area (Å²) in [6.07, 6.45) is 1.42. The number of hydrogen-bond acceptors (Lipinski definition) is 7. The molecule has 0 bridgehead atoms. The summed E-state index contributed by atoms with van der Waals surface area (Å²) in [7, 11) is 3.12. The number of carboxylic acid groups (broad SMARTS) is 1. The van der Waals surface area contributed by atoms with Crippen LogP contribution in [0.4, 0.5) is 0 Å². The molecule has 0 amide bonds. The number of carbonyl (C=O) groups excluding carboxylic acids is 2. The summed E-state index contributed by atoms with van der Waals surface area (Å²) in [5.41, 5.74) is 3.27. The second-order valence-electron chi connectivity index (χ2n) is 8.96. The van der Waals surface area contributed by atoms with Crippen LogP contribution in [-0.4, -0.2) is 32.8 Å². The number of rotatable bonds is 10. The van der Waals surface area contributed by atoms with Gasteiger partial charge < -0.3 is 28.8 Å². The van der Waals surface area contributed by atoms with Crippen LogP contribution in [0.5, 0.6) is 11.5 Å². The van der Waals surface area contributed by atoms with Gasteiger partial charge >= 0.3 is 29.6 Å². The van der Waals surface area contributed by atoms with Crippen molar-refractivity contribution >= 4 is 11.8 Å². The van der Waals surface area contributed by atoms with Crippen LogP contribution in [0.3, 0.4) is 0 Å². The summed E-state index contributed by atoms with van der Waals surface area (Å²) in [6.45, 7) is 3.73. The molecule has 0 saturated carbocycles. The van der Waals surface area contributed by atoms with Crippen molar-refractivity contribution in [3.05, 3.63) is 118 Å². The summed E-state index contributed by atoms with van der Waals surface area (Å²) in [5, 5.41) is 12.7. The normalized spacial score (nSPS) is 13.6. The third-order valence-electron chi connectivity index (χ3n) is 6.55. The first-order valence-electron chi connectivity index (χ1n) is 12.1. The molecule has 0 radical (unpaired) electrons. The largest absolute Gasteiger partial charge is 1.00 e. The maximum absolute atomic E-state index is 14.2. The Morgan fingerprint density at radius 1 is 0.949 bits per heavy atom. The van der Waals surface area contributed by atoms with Gasteiger partial charge in [0.05, 0.1) is 26.1 Å². The summed E-state index contributed by atoms with van der Waals surface area (Å²) in [6, 6.07) is 19.4. The summed E-state index contributed by atoms with van der Waals surface area (Å²) < 4.78 is 21.9. The number of methoxy groups -OCH3 is 2. The van der Waals surface area contributed by atoms with Crippen molar-refractivity contribution in [2.45, 2.75) is 26.2 Å². The van der Waals surface area contributed by atoms with Gasteiger partial charge in [0.25, 0.3) is 0 Å². The second-order valence-corrected chi connectivity index (χ2v) is 8.96. The number of ether oxygens (including phenoxy) is 4. The van der Waals surface area contributed by atoms with Gasteiger partial charge in [0.15, 0.2) is 5.78 Å². The van der Waals surface area contributed by atoms with Gasteiger partial charge in [-0.1, -0.05) is 36.4 Å². The van der Waals surface area contributed by atoms with Crippen LogP contribution in [0.15, 0.2) is 89.9 Å². The van der Waals surface area contributed by atoms with Gasteiger partial charge in [0.2, 0.25) is 6.79 Å². The quantitative estimate of drug-likeness (QED) is 0.220. The minimum absolute atomic E-state index is 0. The van der Waals surface area contributed by atoms with E-state index < -0.39 is 17.7 Å². The van der Waals surface area contributed by atoms with Crippen molar-refractivity contribution in [3.63, 3.8) is 0 Å². The molecule has 0 fully saturated rings. The number of aryl methyl sites for hydroxylation is 2. The van der Waals surface area contributed by atoms with Gasteiger partial charge in [-0.15, -0.1) is 0 Å². The van der Waals surface area contributed by atoms with Crippen LogP contribution in [0.2, 0.25) is 0 Å². The fraction of sp³-hybridized carbons (Fsp3) is 0.226. The fourth-order valence-electron chi connectivity index (χ4n) is 4.62. The van der Waals surface area contributed by atoms with Crippen LogP contribution < -0.4 is 44.1 Å². The van der Waals surface area contributed by atoms with E-state index >= 15 is 0 Å². The molecule has 0 saturated heterocycles. The average molecular weight is 537 g/mol. The molecule has 1 aliphatic rings. The zero-order valence-corrected chi connectivity index (χ0v) is 24.8. The molecule has 4 rings (SSSR count). The molecule has 0 aliphatic carbocycles. The van der Waals surface area contributed by atoms with Crippen LogP contribution >= 0.6 is 0 Å². The van der Waals surface area contributed by atoms with Crippen LogP contribution in [0, 0.1) is 13.8 Å². The van der Waals surface area contributed by atoms with Crippen molar-refractivity contribution in [2.24, 2.45) is 0 Å². The van der Waals surface area contributed by atoms with Crippen molar-refractivity contribution in [1.29, 1.82) is 0 Å². The molecule has 3 aromatic carbocycles. The maximum Gasteiger partial charge on any atom is 1.00 e. The average Bonchev–Trinajstić information content (AvgIpc) is 3.46. The monoisotopic (exact) mass is 536 g/mol. The van der Waals surface area contributed by atoms with Crippen molar-refractivity contribution < 1.29 is 63.2 Å². The first kappa shape index (κ1) is 30.0. The van der Waals surface area contributed by atoms with Crippen LogP contribution in [0.25, 0.3) is 0 Å². The predicted molar refractivity (Wildman–Crippen MR) is 140 cm³/mol. The number of ketones is 1. The molecule has 0 aromatic heterocycles. The minimum atomic E-state index is -1.43. The molecule has 1 aliphatic heterocycles. The van der Waals surface area contributed by atoms with Gasteiger partial charge in [-0.05, 0) is 78.4 Å². The van der Waals surface area contributed by atoms with E-state index in [2.05, 4.69) is 0 Å². The number of Topliss-reactive ketones (excluding diaryl/α,β-unsaturated/α-hetero) is 1.